The molecule has 0 atom stereocenters. The summed E-state index contributed by atoms with van der Waals surface area (Å²) in [5, 5.41) is 8.82. The van der Waals surface area contributed by atoms with E-state index in [0.717, 1.165) is 31.4 Å². The van der Waals surface area contributed by atoms with Gasteiger partial charge in [0, 0.05) is 6.07 Å². The van der Waals surface area contributed by atoms with E-state index in [9.17, 15) is 30.8 Å². The zero-order valence-electron chi connectivity index (χ0n) is 13.4. The van der Waals surface area contributed by atoms with Crippen LogP contribution in [0.3, 0.4) is 0 Å². The fraction of sp³-hybridized carbons (Fsp3) is 0.125. The van der Waals surface area contributed by atoms with Crippen molar-refractivity contribution in [2.24, 2.45) is 0 Å². The van der Waals surface area contributed by atoms with Gasteiger partial charge in [-0.1, -0.05) is 0 Å². The molecule has 27 heavy (non-hydrogen) atoms. The summed E-state index contributed by atoms with van der Waals surface area (Å²) in [5.74, 6) is -2.64. The molecule has 0 aliphatic rings. The quantitative estimate of drug-likeness (QED) is 0.572. The maximum atomic E-state index is 13.5. The minimum Gasteiger partial charge on any atom is -0.465 e. The molecule has 0 fully saturated rings. The molecule has 0 spiro atoms. The molecule has 0 aliphatic carbocycles. The van der Waals surface area contributed by atoms with Gasteiger partial charge in [-0.05, 0) is 30.3 Å². The molecule has 0 saturated carbocycles. The van der Waals surface area contributed by atoms with Gasteiger partial charge in [0.15, 0.2) is 0 Å². The number of sulfone groups is 1. The molecule has 0 aromatic heterocycles. The van der Waals surface area contributed by atoms with E-state index in [1.165, 1.54) is 0 Å². The molecule has 0 radical (unpaired) electrons. The van der Waals surface area contributed by atoms with Crippen LogP contribution in [-0.4, -0.2) is 27.0 Å². The summed E-state index contributed by atoms with van der Waals surface area (Å²) in [7, 11) is -4.79. The molecule has 6 nitrogen and oxygen atoms in total. The zero-order valence-corrected chi connectivity index (χ0v) is 14.2. The first-order valence-corrected chi connectivity index (χ1v) is 8.40. The maximum Gasteiger partial charge on any atom is 0.501 e. The third kappa shape index (κ3) is 4.17. The first kappa shape index (κ1) is 20.2. The number of nitrogens with zero attached hydrogens (tertiary/aromatic N) is 1. The van der Waals surface area contributed by atoms with Crippen LogP contribution in [0.2, 0.25) is 0 Å². The van der Waals surface area contributed by atoms with Crippen LogP contribution in [0.5, 0.6) is 11.5 Å². The van der Waals surface area contributed by atoms with Crippen molar-refractivity contribution in [1.29, 1.82) is 5.26 Å². The van der Waals surface area contributed by atoms with Gasteiger partial charge in [0.1, 0.15) is 22.9 Å². The standard InChI is InChI=1S/C16H9F4NO5S/c1-25-15(22)13-7-12(27(23,24)16(18,19)20)2-3-14(13)26-11-5-9(8-21)4-10(17)6-11/h2-7H,1H3. The van der Waals surface area contributed by atoms with Gasteiger partial charge >= 0.3 is 11.5 Å². The lowest BCUT2D eigenvalue weighted by Gasteiger charge is -2.13. The third-order valence-corrected chi connectivity index (χ3v) is 4.68. The van der Waals surface area contributed by atoms with Crippen LogP contribution < -0.4 is 4.74 Å². The van der Waals surface area contributed by atoms with Gasteiger partial charge in [-0.25, -0.2) is 17.6 Å². The smallest absolute Gasteiger partial charge is 0.465 e. The number of ether oxygens (including phenoxy) is 2. The monoisotopic (exact) mass is 403 g/mol. The van der Waals surface area contributed by atoms with Gasteiger partial charge in [-0.3, -0.25) is 0 Å². The van der Waals surface area contributed by atoms with Crippen molar-refractivity contribution in [3.8, 4) is 17.6 Å². The van der Waals surface area contributed by atoms with E-state index in [-0.39, 0.29) is 11.3 Å². The highest BCUT2D eigenvalue weighted by molar-refractivity contribution is 7.92. The SMILES string of the molecule is COC(=O)c1cc(S(=O)(=O)C(F)(F)F)ccc1Oc1cc(F)cc(C#N)c1. The number of carbonyl (C=O) groups is 1. The van der Waals surface area contributed by atoms with Crippen molar-refractivity contribution in [3.63, 3.8) is 0 Å². The molecule has 0 aliphatic heterocycles. The highest BCUT2D eigenvalue weighted by atomic mass is 32.2. The molecule has 11 heteroatoms. The van der Waals surface area contributed by atoms with Crippen LogP contribution in [0.15, 0.2) is 41.3 Å². The largest absolute Gasteiger partial charge is 0.501 e. The zero-order chi connectivity index (χ0) is 20.4. The Hall–Kier alpha value is -3.13. The number of rotatable bonds is 4. The molecule has 142 valence electrons. The number of hydrogen-bond acceptors (Lipinski definition) is 6. The average molecular weight is 403 g/mol. The molecule has 0 unspecified atom stereocenters. The van der Waals surface area contributed by atoms with Gasteiger partial charge < -0.3 is 9.47 Å². The summed E-state index contributed by atoms with van der Waals surface area (Å²) in [5.41, 5.74) is -6.32. The number of halogens is 4. The Labute approximate surface area is 150 Å². The second-order valence-corrected chi connectivity index (χ2v) is 6.93. The molecular formula is C16H9F4NO5S. The Bertz CT molecular complexity index is 1040. The maximum absolute atomic E-state index is 13.5. The van der Waals surface area contributed by atoms with Gasteiger partial charge in [-0.2, -0.15) is 18.4 Å². The summed E-state index contributed by atoms with van der Waals surface area (Å²) in [4.78, 5) is 10.6. The van der Waals surface area contributed by atoms with Crippen molar-refractivity contribution in [1.82, 2.24) is 0 Å². The number of alkyl halides is 3. The van der Waals surface area contributed by atoms with Crippen LogP contribution in [-0.2, 0) is 14.6 Å². The van der Waals surface area contributed by atoms with Crippen LogP contribution in [0.25, 0.3) is 0 Å². The van der Waals surface area contributed by atoms with Gasteiger partial charge in [0.25, 0.3) is 9.84 Å². The molecule has 0 N–H and O–H groups in total. The first-order valence-electron chi connectivity index (χ1n) is 6.92. The normalized spacial score (nSPS) is 11.6. The third-order valence-electron chi connectivity index (χ3n) is 3.20. The average Bonchev–Trinajstić information content (AvgIpc) is 2.59. The number of nitriles is 1. The second kappa shape index (κ2) is 7.24. The van der Waals surface area contributed by atoms with Crippen molar-refractivity contribution < 1.29 is 40.2 Å². The van der Waals surface area contributed by atoms with Crippen LogP contribution in [0.4, 0.5) is 17.6 Å². The van der Waals surface area contributed by atoms with Crippen molar-refractivity contribution in [3.05, 3.63) is 53.3 Å². The lowest BCUT2D eigenvalue weighted by molar-refractivity contribution is -0.0436. The Balaban J connectivity index is 2.57. The highest BCUT2D eigenvalue weighted by Crippen LogP contribution is 2.34. The Morgan fingerprint density at radius 1 is 1.15 bits per heavy atom. The fourth-order valence-corrected chi connectivity index (χ4v) is 2.77. The summed E-state index contributed by atoms with van der Waals surface area (Å²) >= 11 is 0. The topological polar surface area (TPSA) is 93.5 Å². The van der Waals surface area contributed by atoms with Crippen LogP contribution >= 0.6 is 0 Å². The second-order valence-electron chi connectivity index (χ2n) is 4.99. The van der Waals surface area contributed by atoms with Crippen molar-refractivity contribution >= 4 is 15.8 Å². The highest BCUT2D eigenvalue weighted by Gasteiger charge is 2.47. The molecule has 0 bridgehead atoms. The Morgan fingerprint density at radius 2 is 1.81 bits per heavy atom. The van der Waals surface area contributed by atoms with E-state index in [4.69, 9.17) is 10.00 Å². The van der Waals surface area contributed by atoms with E-state index in [2.05, 4.69) is 4.74 Å². The predicted molar refractivity (Wildman–Crippen MR) is 82.2 cm³/mol. The number of carbonyl (C=O) groups excluding carboxylic acids is 1. The first-order chi connectivity index (χ1) is 12.5. The molecule has 0 heterocycles. The van der Waals surface area contributed by atoms with E-state index in [1.807, 2.05) is 0 Å². The Morgan fingerprint density at radius 3 is 2.37 bits per heavy atom. The lowest BCUT2D eigenvalue weighted by Crippen LogP contribution is -2.23. The Kier molecular flexibility index (Phi) is 5.41. The van der Waals surface area contributed by atoms with E-state index in [1.54, 1.807) is 6.07 Å². The van der Waals surface area contributed by atoms with Crippen molar-refractivity contribution in [2.75, 3.05) is 7.11 Å². The van der Waals surface area contributed by atoms with Gasteiger partial charge in [0.2, 0.25) is 0 Å². The molecule has 2 aromatic carbocycles. The number of hydrogen-bond donors (Lipinski definition) is 0. The summed E-state index contributed by atoms with van der Waals surface area (Å²) in [6.07, 6.45) is 0. The van der Waals surface area contributed by atoms with E-state index < -0.39 is 43.3 Å². The number of benzene rings is 2. The van der Waals surface area contributed by atoms with E-state index in [0.29, 0.717) is 12.1 Å². The molecule has 2 aromatic rings. The minimum atomic E-state index is -5.71. The molecule has 0 amide bonds. The van der Waals surface area contributed by atoms with Crippen LogP contribution in [0.1, 0.15) is 15.9 Å². The lowest BCUT2D eigenvalue weighted by atomic mass is 10.2. The summed E-state index contributed by atoms with van der Waals surface area (Å²) < 4.78 is 84.2. The fourth-order valence-electron chi connectivity index (χ4n) is 1.98. The van der Waals surface area contributed by atoms with Crippen LogP contribution in [0, 0.1) is 17.1 Å². The number of esters is 1. The predicted octanol–water partition coefficient (Wildman–Crippen LogP) is 3.57. The summed E-state index contributed by atoms with van der Waals surface area (Å²) in [6.45, 7) is 0. The van der Waals surface area contributed by atoms with Gasteiger partial charge in [-0.15, -0.1) is 0 Å². The van der Waals surface area contributed by atoms with Gasteiger partial charge in [0.05, 0.1) is 23.6 Å². The minimum absolute atomic E-state index is 0.110. The molecule has 0 saturated heterocycles. The van der Waals surface area contributed by atoms with Crippen molar-refractivity contribution in [2.45, 2.75) is 10.4 Å². The molecule has 2 rings (SSSR count). The number of methoxy groups -OCH3 is 1. The summed E-state index contributed by atoms with van der Waals surface area (Å²) in [6, 6.07) is 6.37. The van der Waals surface area contributed by atoms with E-state index >= 15 is 0 Å². The molecular weight excluding hydrogens is 394 g/mol.